The van der Waals surface area contributed by atoms with Gasteiger partial charge in [0.2, 0.25) is 0 Å². The van der Waals surface area contributed by atoms with Gasteiger partial charge in [0, 0.05) is 79.1 Å². The van der Waals surface area contributed by atoms with E-state index in [0.717, 1.165) is 71.6 Å². The lowest BCUT2D eigenvalue weighted by molar-refractivity contribution is 0.0169. The van der Waals surface area contributed by atoms with E-state index < -0.39 is 11.6 Å². The Balaban J connectivity index is 1.09. The number of morpholine rings is 1. The molecule has 9 rings (SSSR count). The summed E-state index contributed by atoms with van der Waals surface area (Å²) in [4.78, 5) is 14.3. The van der Waals surface area contributed by atoms with E-state index >= 15 is 4.39 Å². The van der Waals surface area contributed by atoms with E-state index in [1.807, 2.05) is 6.07 Å². The molecule has 4 saturated heterocycles. The number of rotatable bonds is 7. The van der Waals surface area contributed by atoms with Crippen LogP contribution in [0.5, 0.6) is 11.8 Å². The highest BCUT2D eigenvalue weighted by Crippen LogP contribution is 2.47. The summed E-state index contributed by atoms with van der Waals surface area (Å²) in [6, 6.07) is 10.4. The Bertz CT molecular complexity index is 1950. The summed E-state index contributed by atoms with van der Waals surface area (Å²) in [7, 11) is 0. The predicted octanol–water partition coefficient (Wildman–Crippen LogP) is 4.19. The average molecular weight is 653 g/mol. The number of nitrogens with zero attached hydrogens (tertiary/aromatic N) is 4. The van der Waals surface area contributed by atoms with Crippen LogP contribution in [0, 0.1) is 29.4 Å². The summed E-state index contributed by atoms with van der Waals surface area (Å²) in [5.74, 6) is 1.80. The number of nitrogens with one attached hydrogen (secondary N) is 2. The zero-order valence-electron chi connectivity index (χ0n) is 26.6. The van der Waals surface area contributed by atoms with Gasteiger partial charge in [0.05, 0.1) is 24.9 Å². The third kappa shape index (κ3) is 5.22. The van der Waals surface area contributed by atoms with Crippen LogP contribution in [-0.4, -0.2) is 96.7 Å². The Hall–Kier alpha value is -4.08. The van der Waals surface area contributed by atoms with Crippen molar-refractivity contribution in [3.05, 3.63) is 53.6 Å². The number of benzene rings is 3. The molecule has 1 aliphatic carbocycles. The Labute approximate surface area is 277 Å². The first-order valence-electron chi connectivity index (χ1n) is 17.0. The summed E-state index contributed by atoms with van der Waals surface area (Å²) in [5, 5.41) is 19.3. The van der Waals surface area contributed by atoms with Crippen LogP contribution in [0.4, 0.5) is 14.6 Å². The highest BCUT2D eigenvalue weighted by atomic mass is 19.1. The van der Waals surface area contributed by atoms with Crippen molar-refractivity contribution in [2.75, 3.05) is 57.4 Å². The predicted molar refractivity (Wildman–Crippen MR) is 179 cm³/mol. The van der Waals surface area contributed by atoms with Crippen LogP contribution in [0.25, 0.3) is 32.8 Å². The normalized spacial score (nSPS) is 26.1. The second-order valence-electron chi connectivity index (χ2n) is 14.3. The number of anilines is 1. The molecule has 0 radical (unpaired) electrons. The van der Waals surface area contributed by atoms with E-state index in [1.54, 1.807) is 6.07 Å². The first-order chi connectivity index (χ1) is 23.4. The number of likely N-dealkylation sites (tertiary alicyclic amines) is 1. The molecule has 11 heteroatoms. The number of hydrogen-bond donors (Lipinski definition) is 3. The summed E-state index contributed by atoms with van der Waals surface area (Å²) < 4.78 is 44.2. The minimum Gasteiger partial charge on any atom is -0.508 e. The largest absolute Gasteiger partial charge is 0.508 e. The van der Waals surface area contributed by atoms with Gasteiger partial charge >= 0.3 is 6.01 Å². The molecule has 0 spiro atoms. The minimum absolute atomic E-state index is 0.00328. The van der Waals surface area contributed by atoms with Crippen LogP contribution in [-0.2, 0) is 4.74 Å². The zero-order chi connectivity index (χ0) is 32.6. The molecule has 248 valence electrons. The quantitative estimate of drug-likeness (QED) is 0.254. The van der Waals surface area contributed by atoms with Gasteiger partial charge in [0.15, 0.2) is 5.82 Å². The minimum atomic E-state index is -0.605. The Kier molecular flexibility index (Phi) is 7.20. The molecule has 1 aromatic heterocycles. The number of hydrogen-bond acceptors (Lipinski definition) is 9. The lowest BCUT2D eigenvalue weighted by Crippen LogP contribution is -2.51. The van der Waals surface area contributed by atoms with E-state index in [4.69, 9.17) is 20.9 Å². The topological polar surface area (TPSA) is 95.0 Å². The van der Waals surface area contributed by atoms with Crippen molar-refractivity contribution in [1.29, 1.82) is 0 Å². The number of terminal acetylenes is 1. The third-order valence-electron chi connectivity index (χ3n) is 11.0. The monoisotopic (exact) mass is 652 g/mol. The number of piperazine rings is 1. The summed E-state index contributed by atoms with van der Waals surface area (Å²) in [6.45, 7) is 6.36. The van der Waals surface area contributed by atoms with Gasteiger partial charge in [-0.1, -0.05) is 18.1 Å². The fourth-order valence-electron chi connectivity index (χ4n) is 8.41. The lowest BCUT2D eigenvalue weighted by atomic mass is 9.93. The Morgan fingerprint density at radius 2 is 1.88 bits per heavy atom. The van der Waals surface area contributed by atoms with Gasteiger partial charge in [-0.2, -0.15) is 9.97 Å². The molecule has 3 N–H and O–H groups in total. The van der Waals surface area contributed by atoms with Crippen LogP contribution in [0.15, 0.2) is 36.4 Å². The maximum absolute atomic E-state index is 16.9. The summed E-state index contributed by atoms with van der Waals surface area (Å²) in [5.41, 5.74) is 0.578. The van der Waals surface area contributed by atoms with Crippen LogP contribution in [0.1, 0.15) is 31.2 Å². The summed E-state index contributed by atoms with van der Waals surface area (Å²) >= 11 is 0. The highest BCUT2D eigenvalue weighted by molar-refractivity contribution is 6.04. The first kappa shape index (κ1) is 30.0. The van der Waals surface area contributed by atoms with E-state index in [-0.39, 0.29) is 39.9 Å². The van der Waals surface area contributed by atoms with Gasteiger partial charge in [0.25, 0.3) is 0 Å². The number of halogens is 2. The van der Waals surface area contributed by atoms with Crippen molar-refractivity contribution in [2.45, 2.75) is 49.9 Å². The van der Waals surface area contributed by atoms with E-state index in [1.165, 1.54) is 24.3 Å². The van der Waals surface area contributed by atoms with Crippen molar-refractivity contribution in [3.8, 4) is 35.2 Å². The maximum atomic E-state index is 16.9. The number of phenols is 1. The lowest BCUT2D eigenvalue weighted by Gasteiger charge is -2.34. The molecule has 4 atom stereocenters. The molecule has 0 amide bonds. The van der Waals surface area contributed by atoms with E-state index in [2.05, 4.69) is 31.3 Å². The molecule has 9 nitrogen and oxygen atoms in total. The molecule has 5 aliphatic rings. The van der Waals surface area contributed by atoms with Crippen LogP contribution < -0.4 is 20.3 Å². The SMILES string of the molecule is C#Cc1c(F)ccc2cc(O)cc(-c3ccc4c(N5CC6CCC(C5)N6)nc(OCC5(CN6CC7NCCOC7C6)CC5)nc4c3F)c12. The van der Waals surface area contributed by atoms with Gasteiger partial charge in [-0.25, -0.2) is 8.78 Å². The number of aromatic hydroxyl groups is 1. The van der Waals surface area contributed by atoms with Gasteiger partial charge in [-0.15, -0.1) is 6.42 Å². The molecular weight excluding hydrogens is 614 g/mol. The Morgan fingerprint density at radius 1 is 1.04 bits per heavy atom. The number of ether oxygens (including phenoxy) is 2. The smallest absolute Gasteiger partial charge is 0.319 e. The molecule has 3 aromatic carbocycles. The van der Waals surface area contributed by atoms with Crippen molar-refractivity contribution >= 4 is 27.5 Å². The number of aromatic nitrogens is 2. The van der Waals surface area contributed by atoms with Gasteiger partial charge in [-0.05, 0) is 60.9 Å². The maximum Gasteiger partial charge on any atom is 0.319 e. The molecule has 4 aliphatic heterocycles. The average Bonchev–Trinajstić information content (AvgIpc) is 3.59. The third-order valence-corrected chi connectivity index (χ3v) is 11.0. The van der Waals surface area contributed by atoms with E-state index in [9.17, 15) is 9.50 Å². The fraction of sp³-hybridized carbons (Fsp3) is 0.459. The van der Waals surface area contributed by atoms with Gasteiger partial charge < -0.3 is 30.1 Å². The molecule has 5 fully saturated rings. The molecular formula is C37H38F2N6O3. The second-order valence-corrected chi connectivity index (χ2v) is 14.3. The zero-order valence-corrected chi connectivity index (χ0v) is 26.6. The van der Waals surface area contributed by atoms with Crippen molar-refractivity contribution in [3.63, 3.8) is 0 Å². The first-order valence-corrected chi connectivity index (χ1v) is 17.0. The van der Waals surface area contributed by atoms with Crippen molar-refractivity contribution < 1.29 is 23.4 Å². The van der Waals surface area contributed by atoms with Crippen molar-refractivity contribution in [1.82, 2.24) is 25.5 Å². The summed E-state index contributed by atoms with van der Waals surface area (Å²) in [6.07, 6.45) is 10.2. The fourth-order valence-corrected chi connectivity index (χ4v) is 8.41. The van der Waals surface area contributed by atoms with Crippen LogP contribution in [0.3, 0.4) is 0 Å². The van der Waals surface area contributed by atoms with Crippen LogP contribution in [0.2, 0.25) is 0 Å². The molecule has 2 bridgehead atoms. The van der Waals surface area contributed by atoms with Crippen molar-refractivity contribution in [2.24, 2.45) is 5.41 Å². The second kappa shape index (κ2) is 11.5. The molecule has 4 aromatic rings. The molecule has 4 unspecified atom stereocenters. The van der Waals surface area contributed by atoms with Crippen LogP contribution >= 0.6 is 0 Å². The molecule has 1 saturated carbocycles. The van der Waals surface area contributed by atoms with Gasteiger partial charge in [0.1, 0.15) is 22.9 Å². The number of phenolic OH excluding ortho intramolecular Hbond substituents is 1. The molecule has 5 heterocycles. The number of fused-ring (bicyclic) bond motifs is 5. The highest BCUT2D eigenvalue weighted by Gasteiger charge is 2.48. The van der Waals surface area contributed by atoms with E-state index in [0.29, 0.717) is 52.3 Å². The Morgan fingerprint density at radius 3 is 2.65 bits per heavy atom. The van der Waals surface area contributed by atoms with Gasteiger partial charge in [-0.3, -0.25) is 4.90 Å². The standard InChI is InChI=1S/C37H38F2N6O3/c1-2-25-29(38)8-3-21-13-24(46)14-28(32(21)25)26-6-7-27-34(33(26)39)42-36(43-35(27)45-15-22-4-5-23(16-45)41-22)48-20-37(9-10-37)19-44-17-30-31(18-44)47-12-11-40-30/h1,3,6-8,13-14,22-23,30-31,40-41,46H,4-5,9-12,15-20H2. The molecule has 48 heavy (non-hydrogen) atoms.